The molecule has 16 heavy (non-hydrogen) atoms. The molecule has 0 atom stereocenters. The van der Waals surface area contributed by atoms with E-state index in [1.807, 2.05) is 0 Å². The largest absolute Gasteiger partial charge is 0.398 e. The Hall–Kier alpha value is -1.84. The maximum atomic E-state index is 11.0. The number of nitrogens with two attached hydrogens (primary N) is 1. The lowest BCUT2D eigenvalue weighted by molar-refractivity contribution is 0.112. The van der Waals surface area contributed by atoms with Crippen LogP contribution in [0.2, 0.25) is 0 Å². The number of carbonyl (C=O) groups is 1. The van der Waals surface area contributed by atoms with E-state index in [0.29, 0.717) is 22.7 Å². The first kappa shape index (κ1) is 10.7. The van der Waals surface area contributed by atoms with Gasteiger partial charge in [-0.25, -0.2) is 0 Å². The molecule has 1 aliphatic rings. The molecule has 4 nitrogen and oxygen atoms in total. The maximum Gasteiger partial charge on any atom is 0.150 e. The number of rotatable bonds is 4. The Morgan fingerprint density at radius 1 is 1.56 bits per heavy atom. The van der Waals surface area contributed by atoms with E-state index in [0.717, 1.165) is 30.4 Å². The molecule has 84 valence electrons. The molecular weight excluding hydrogens is 202 g/mol. The number of carbonyl (C=O) groups excluding carboxylic acids is 1. The molecule has 0 aromatic heterocycles. The first-order valence-corrected chi connectivity index (χ1v) is 5.32. The summed E-state index contributed by atoms with van der Waals surface area (Å²) < 4.78 is 0. The van der Waals surface area contributed by atoms with Gasteiger partial charge in [0.25, 0.3) is 0 Å². The Kier molecular flexibility index (Phi) is 2.64. The van der Waals surface area contributed by atoms with Crippen molar-refractivity contribution in [3.63, 3.8) is 0 Å². The molecule has 0 radical (unpaired) electrons. The first-order valence-electron chi connectivity index (χ1n) is 5.32. The van der Waals surface area contributed by atoms with Crippen LogP contribution in [-0.2, 0) is 0 Å². The second-order valence-electron chi connectivity index (χ2n) is 4.04. The lowest BCUT2D eigenvalue weighted by atomic mass is 9.96. The van der Waals surface area contributed by atoms with E-state index in [1.54, 1.807) is 13.1 Å². The van der Waals surface area contributed by atoms with E-state index in [9.17, 15) is 4.79 Å². The molecule has 0 amide bonds. The molecule has 2 rings (SSSR count). The van der Waals surface area contributed by atoms with Crippen LogP contribution in [0.3, 0.4) is 0 Å². The maximum absolute atomic E-state index is 11.0. The van der Waals surface area contributed by atoms with Gasteiger partial charge in [0.1, 0.15) is 6.29 Å². The molecular formula is C12H15N3O. The molecule has 0 spiro atoms. The van der Waals surface area contributed by atoms with Gasteiger partial charge in [0.15, 0.2) is 0 Å². The fourth-order valence-electron chi connectivity index (χ4n) is 2.04. The van der Waals surface area contributed by atoms with E-state index in [-0.39, 0.29) is 0 Å². The van der Waals surface area contributed by atoms with Crippen molar-refractivity contribution in [1.82, 2.24) is 0 Å². The van der Waals surface area contributed by atoms with Crippen molar-refractivity contribution in [1.29, 1.82) is 5.41 Å². The second-order valence-corrected chi connectivity index (χ2v) is 4.04. The summed E-state index contributed by atoms with van der Waals surface area (Å²) >= 11 is 0. The van der Waals surface area contributed by atoms with Gasteiger partial charge < -0.3 is 16.5 Å². The Bertz CT molecular complexity index is 450. The zero-order chi connectivity index (χ0) is 11.7. The third-order valence-electron chi connectivity index (χ3n) is 3.01. The topological polar surface area (TPSA) is 79.0 Å². The van der Waals surface area contributed by atoms with E-state index < -0.39 is 0 Å². The second kappa shape index (κ2) is 3.96. The Morgan fingerprint density at radius 2 is 2.25 bits per heavy atom. The Balaban J connectivity index is 2.67. The van der Waals surface area contributed by atoms with E-state index in [1.165, 1.54) is 6.21 Å². The summed E-state index contributed by atoms with van der Waals surface area (Å²) in [5.74, 6) is 0.407. The average Bonchev–Trinajstić information content (AvgIpc) is 3.11. The van der Waals surface area contributed by atoms with Gasteiger partial charge in [-0.3, -0.25) is 4.79 Å². The van der Waals surface area contributed by atoms with Crippen LogP contribution in [-0.4, -0.2) is 19.5 Å². The minimum absolute atomic E-state index is 0.407. The Morgan fingerprint density at radius 3 is 2.69 bits per heavy atom. The van der Waals surface area contributed by atoms with Crippen LogP contribution in [0.1, 0.15) is 40.2 Å². The number of hydrogen-bond donors (Lipinski definition) is 3. The van der Waals surface area contributed by atoms with Gasteiger partial charge in [0.2, 0.25) is 0 Å². The molecule has 1 saturated carbocycles. The highest BCUT2D eigenvalue weighted by atomic mass is 16.1. The van der Waals surface area contributed by atoms with Crippen molar-refractivity contribution < 1.29 is 4.79 Å². The fraction of sp³-hybridized carbons (Fsp3) is 0.333. The highest BCUT2D eigenvalue weighted by Crippen LogP contribution is 2.46. The molecule has 1 fully saturated rings. The van der Waals surface area contributed by atoms with Crippen LogP contribution in [0.25, 0.3) is 0 Å². The van der Waals surface area contributed by atoms with Crippen LogP contribution >= 0.6 is 0 Å². The third kappa shape index (κ3) is 1.56. The van der Waals surface area contributed by atoms with Gasteiger partial charge in [-0.05, 0) is 30.4 Å². The molecule has 0 heterocycles. The van der Waals surface area contributed by atoms with Crippen molar-refractivity contribution in [2.45, 2.75) is 18.8 Å². The monoisotopic (exact) mass is 217 g/mol. The molecule has 0 bridgehead atoms. The molecule has 4 heteroatoms. The lowest BCUT2D eigenvalue weighted by Crippen LogP contribution is -2.06. The molecule has 1 aromatic rings. The quantitative estimate of drug-likeness (QED) is 0.410. The van der Waals surface area contributed by atoms with Crippen molar-refractivity contribution in [3.05, 3.63) is 22.8 Å². The van der Waals surface area contributed by atoms with Crippen LogP contribution in [0.5, 0.6) is 0 Å². The van der Waals surface area contributed by atoms with Gasteiger partial charge in [-0.15, -0.1) is 0 Å². The van der Waals surface area contributed by atoms with E-state index in [2.05, 4.69) is 5.32 Å². The summed E-state index contributed by atoms with van der Waals surface area (Å²) in [4.78, 5) is 11.0. The van der Waals surface area contributed by atoms with Crippen molar-refractivity contribution in [3.8, 4) is 0 Å². The normalized spacial score (nSPS) is 14.6. The van der Waals surface area contributed by atoms with Crippen LogP contribution in [0, 0.1) is 5.41 Å². The van der Waals surface area contributed by atoms with Gasteiger partial charge in [0.05, 0.1) is 0 Å². The SMILES string of the molecule is CNc1cc(C=O)c(C2CC2)c(N)c1C=N. The van der Waals surface area contributed by atoms with Crippen LogP contribution in [0.15, 0.2) is 6.07 Å². The lowest BCUT2D eigenvalue weighted by Gasteiger charge is -2.14. The average molecular weight is 217 g/mol. The zero-order valence-electron chi connectivity index (χ0n) is 9.21. The van der Waals surface area contributed by atoms with E-state index in [4.69, 9.17) is 11.1 Å². The smallest absolute Gasteiger partial charge is 0.150 e. The first-order chi connectivity index (χ1) is 7.72. The third-order valence-corrected chi connectivity index (χ3v) is 3.01. The zero-order valence-corrected chi connectivity index (χ0v) is 9.21. The predicted octanol–water partition coefficient (Wildman–Crippen LogP) is 2.00. The highest BCUT2D eigenvalue weighted by molar-refractivity contribution is 5.98. The number of nitrogens with one attached hydrogen (secondary N) is 2. The summed E-state index contributed by atoms with van der Waals surface area (Å²) in [5.41, 5.74) is 9.60. The summed E-state index contributed by atoms with van der Waals surface area (Å²) in [6.07, 6.45) is 4.25. The van der Waals surface area contributed by atoms with Crippen LogP contribution < -0.4 is 11.1 Å². The molecule has 0 unspecified atom stereocenters. The number of nitrogen functional groups attached to an aromatic ring is 1. The predicted molar refractivity (Wildman–Crippen MR) is 65.6 cm³/mol. The molecule has 1 aromatic carbocycles. The van der Waals surface area contributed by atoms with Gasteiger partial charge >= 0.3 is 0 Å². The molecule has 1 aliphatic carbocycles. The number of hydrogen-bond acceptors (Lipinski definition) is 4. The minimum Gasteiger partial charge on any atom is -0.398 e. The standard InChI is InChI=1S/C12H15N3O/c1-15-10-4-8(6-16)11(7-2-3-7)12(14)9(10)5-13/h4-7,13,15H,2-3,14H2,1H3. The van der Waals surface area contributed by atoms with Crippen molar-refractivity contribution in [2.75, 3.05) is 18.1 Å². The van der Waals surface area contributed by atoms with Gasteiger partial charge in [-0.1, -0.05) is 0 Å². The summed E-state index contributed by atoms with van der Waals surface area (Å²) in [5, 5.41) is 10.3. The highest BCUT2D eigenvalue weighted by Gasteiger charge is 2.29. The molecule has 0 aliphatic heterocycles. The summed E-state index contributed by atoms with van der Waals surface area (Å²) in [6, 6.07) is 1.78. The summed E-state index contributed by atoms with van der Waals surface area (Å²) in [6.45, 7) is 0. The number of benzene rings is 1. The van der Waals surface area contributed by atoms with Crippen molar-refractivity contribution in [2.24, 2.45) is 0 Å². The molecule has 4 N–H and O–H groups in total. The number of anilines is 2. The van der Waals surface area contributed by atoms with Crippen molar-refractivity contribution >= 4 is 23.9 Å². The fourth-order valence-corrected chi connectivity index (χ4v) is 2.04. The minimum atomic E-state index is 0.407. The Labute approximate surface area is 94.4 Å². The summed E-state index contributed by atoms with van der Waals surface area (Å²) in [7, 11) is 1.76. The molecule has 0 saturated heterocycles. The van der Waals surface area contributed by atoms with E-state index >= 15 is 0 Å². The van der Waals surface area contributed by atoms with Crippen LogP contribution in [0.4, 0.5) is 11.4 Å². The number of aldehydes is 1. The van der Waals surface area contributed by atoms with Gasteiger partial charge in [0, 0.05) is 35.8 Å². The van der Waals surface area contributed by atoms with Gasteiger partial charge in [-0.2, -0.15) is 0 Å².